The van der Waals surface area contributed by atoms with Gasteiger partial charge in [-0.05, 0) is 25.0 Å². The second-order valence-electron chi connectivity index (χ2n) is 8.38. The summed E-state index contributed by atoms with van der Waals surface area (Å²) in [5.74, 6) is 1.75. The van der Waals surface area contributed by atoms with Crippen LogP contribution in [0.25, 0.3) is 0 Å². The summed E-state index contributed by atoms with van der Waals surface area (Å²) in [5, 5.41) is 3.49. The van der Waals surface area contributed by atoms with Gasteiger partial charge in [0.2, 0.25) is 0 Å². The Hall–Kier alpha value is -2.39. The van der Waals surface area contributed by atoms with Crippen LogP contribution < -0.4 is 38.1 Å². The summed E-state index contributed by atoms with van der Waals surface area (Å²) in [7, 11) is 0. The molecule has 2 fully saturated rings. The lowest BCUT2D eigenvalue weighted by molar-refractivity contribution is 0.445. The molecule has 0 spiro atoms. The zero-order valence-corrected chi connectivity index (χ0v) is 16.7. The maximum absolute atomic E-state index is 6.22. The molecule has 156 valence electrons. The highest BCUT2D eigenvalue weighted by atomic mass is 15.3. The van der Waals surface area contributed by atoms with Crippen molar-refractivity contribution in [3.05, 3.63) is 42.5 Å². The third-order valence-corrected chi connectivity index (χ3v) is 5.54. The van der Waals surface area contributed by atoms with E-state index in [9.17, 15) is 0 Å². The van der Waals surface area contributed by atoms with E-state index in [4.69, 9.17) is 27.9 Å². The molecule has 2 aromatic rings. The van der Waals surface area contributed by atoms with Gasteiger partial charge in [-0.3, -0.25) is 0 Å². The Morgan fingerprint density at radius 3 is 1.59 bits per heavy atom. The zero-order valence-electron chi connectivity index (χ0n) is 16.7. The lowest BCUT2D eigenvalue weighted by atomic mass is 10.0. The minimum atomic E-state index is 0.0477. The van der Waals surface area contributed by atoms with Gasteiger partial charge in [0.25, 0.3) is 0 Å². The van der Waals surface area contributed by atoms with Crippen LogP contribution in [0.4, 0.5) is 23.0 Å². The topological polar surface area (TPSA) is 135 Å². The van der Waals surface area contributed by atoms with E-state index in [2.05, 4.69) is 27.2 Å². The lowest BCUT2D eigenvalue weighted by Crippen LogP contribution is -2.53. The van der Waals surface area contributed by atoms with Gasteiger partial charge in [-0.1, -0.05) is 18.2 Å². The average Bonchev–Trinajstić information content (AvgIpc) is 2.67. The van der Waals surface area contributed by atoms with Gasteiger partial charge in [0.1, 0.15) is 11.6 Å². The number of anilines is 4. The predicted molar refractivity (Wildman–Crippen MR) is 120 cm³/mol. The molecule has 1 aromatic heterocycles. The average molecular weight is 397 g/mol. The van der Waals surface area contributed by atoms with Crippen molar-refractivity contribution in [2.45, 2.75) is 37.0 Å². The Morgan fingerprint density at radius 2 is 1.14 bits per heavy atom. The number of rotatable bonds is 4. The van der Waals surface area contributed by atoms with Crippen LogP contribution in [0.3, 0.4) is 0 Å². The molecule has 1 aromatic carbocycles. The van der Waals surface area contributed by atoms with E-state index in [0.29, 0.717) is 0 Å². The summed E-state index contributed by atoms with van der Waals surface area (Å²) in [6, 6.07) is 14.4. The molecule has 2 saturated heterocycles. The minimum absolute atomic E-state index is 0.0477. The number of nitrogens with one attached hydrogen (secondary N) is 1. The minimum Gasteiger partial charge on any atom is -0.355 e. The van der Waals surface area contributed by atoms with Crippen molar-refractivity contribution in [2.75, 3.05) is 41.3 Å². The molecule has 2 aliphatic rings. The van der Waals surface area contributed by atoms with Gasteiger partial charge in [0.15, 0.2) is 0 Å². The molecule has 0 amide bonds. The lowest BCUT2D eigenvalue weighted by Gasteiger charge is -2.38. The molecule has 4 atom stereocenters. The highest BCUT2D eigenvalue weighted by Gasteiger charge is 2.27. The number of hydrogen-bond acceptors (Lipinski definition) is 8. The molecule has 2 aliphatic heterocycles. The van der Waals surface area contributed by atoms with E-state index in [1.54, 1.807) is 0 Å². The molecule has 4 unspecified atom stereocenters. The van der Waals surface area contributed by atoms with Gasteiger partial charge in [-0.25, -0.2) is 4.98 Å². The van der Waals surface area contributed by atoms with E-state index >= 15 is 0 Å². The summed E-state index contributed by atoms with van der Waals surface area (Å²) in [6.45, 7) is 2.98. The van der Waals surface area contributed by atoms with E-state index in [-0.39, 0.29) is 24.2 Å². The first-order chi connectivity index (χ1) is 14.0. The molecule has 3 heterocycles. The highest BCUT2D eigenvalue weighted by molar-refractivity contribution is 5.68. The first kappa shape index (κ1) is 19.9. The number of pyridine rings is 1. The molecule has 0 aliphatic carbocycles. The Kier molecular flexibility index (Phi) is 5.86. The van der Waals surface area contributed by atoms with Crippen molar-refractivity contribution in [3.63, 3.8) is 0 Å². The molecule has 8 nitrogen and oxygen atoms in total. The molecule has 8 heteroatoms. The van der Waals surface area contributed by atoms with E-state index in [0.717, 1.165) is 62.0 Å². The number of nitrogens with two attached hydrogens (primary N) is 4. The molecular formula is C21H32N8. The molecule has 9 N–H and O–H groups in total. The monoisotopic (exact) mass is 396 g/mol. The largest absolute Gasteiger partial charge is 0.355 e. The number of aromatic nitrogens is 1. The van der Waals surface area contributed by atoms with Gasteiger partial charge in [0.05, 0.1) is 0 Å². The maximum atomic E-state index is 6.22. The summed E-state index contributed by atoms with van der Waals surface area (Å²) in [5.41, 5.74) is 26.9. The van der Waals surface area contributed by atoms with Crippen LogP contribution in [-0.2, 0) is 0 Å². The number of nitrogens with zero attached hydrogens (tertiary/aromatic N) is 3. The Balaban J connectivity index is 1.67. The first-order valence-electron chi connectivity index (χ1n) is 10.3. The number of hydrogen-bond donors (Lipinski definition) is 5. The van der Waals surface area contributed by atoms with Gasteiger partial charge >= 0.3 is 0 Å². The molecule has 0 radical (unpaired) electrons. The summed E-state index contributed by atoms with van der Waals surface area (Å²) in [6.07, 6.45) is 1.67. The standard InChI is InChI=1S/C21H32N8/c22-14-6-15(23)11-28(10-14)20-8-19(26-18-4-2-1-3-5-18)9-21(27-20)29-12-16(24)7-17(25)13-29/h1-5,8-9,14-17H,6-7,10-13,22-25H2,(H,26,27). The molecular weight excluding hydrogens is 364 g/mol. The van der Waals surface area contributed by atoms with Gasteiger partial charge in [-0.2, -0.15) is 0 Å². The van der Waals surface area contributed by atoms with E-state index in [1.165, 1.54) is 0 Å². The predicted octanol–water partition coefficient (Wildman–Crippen LogP) is 0.555. The molecule has 29 heavy (non-hydrogen) atoms. The maximum Gasteiger partial charge on any atom is 0.133 e. The molecule has 0 bridgehead atoms. The van der Waals surface area contributed by atoms with Crippen molar-refractivity contribution >= 4 is 23.0 Å². The van der Waals surface area contributed by atoms with Gasteiger partial charge < -0.3 is 38.1 Å². The molecule has 4 rings (SSSR count). The van der Waals surface area contributed by atoms with Crippen LogP contribution >= 0.6 is 0 Å². The Morgan fingerprint density at radius 1 is 0.690 bits per heavy atom. The van der Waals surface area contributed by atoms with Gasteiger partial charge in [-0.15, -0.1) is 0 Å². The van der Waals surface area contributed by atoms with Crippen LogP contribution in [0.1, 0.15) is 12.8 Å². The van der Waals surface area contributed by atoms with Crippen molar-refractivity contribution in [1.82, 2.24) is 4.98 Å². The first-order valence-corrected chi connectivity index (χ1v) is 10.3. The second-order valence-corrected chi connectivity index (χ2v) is 8.38. The summed E-state index contributed by atoms with van der Waals surface area (Å²) >= 11 is 0. The highest BCUT2D eigenvalue weighted by Crippen LogP contribution is 2.29. The third-order valence-electron chi connectivity index (χ3n) is 5.54. The smallest absolute Gasteiger partial charge is 0.133 e. The Bertz CT molecular complexity index is 749. The third kappa shape index (κ3) is 4.97. The van der Waals surface area contributed by atoms with Crippen molar-refractivity contribution in [1.29, 1.82) is 0 Å². The fraction of sp³-hybridized carbons (Fsp3) is 0.476. The fourth-order valence-electron chi connectivity index (χ4n) is 4.32. The molecule has 0 saturated carbocycles. The van der Waals surface area contributed by atoms with Crippen LogP contribution in [0.15, 0.2) is 42.5 Å². The van der Waals surface area contributed by atoms with E-state index in [1.807, 2.05) is 30.3 Å². The zero-order chi connectivity index (χ0) is 20.4. The van der Waals surface area contributed by atoms with Crippen LogP contribution in [0.5, 0.6) is 0 Å². The Labute approximate surface area is 172 Å². The van der Waals surface area contributed by atoms with Gasteiger partial charge in [0, 0.05) is 73.9 Å². The van der Waals surface area contributed by atoms with E-state index < -0.39 is 0 Å². The van der Waals surface area contributed by atoms with Crippen molar-refractivity contribution in [2.24, 2.45) is 22.9 Å². The SMILES string of the molecule is NC1CC(N)CN(c2cc(Nc3ccccc3)cc(N3CC(N)CC(N)C3)n2)C1. The van der Waals surface area contributed by atoms with Crippen LogP contribution in [0.2, 0.25) is 0 Å². The second kappa shape index (κ2) is 8.54. The fourth-order valence-corrected chi connectivity index (χ4v) is 4.32. The summed E-state index contributed by atoms with van der Waals surface area (Å²) < 4.78 is 0. The number of piperidine rings is 2. The number of benzene rings is 1. The van der Waals surface area contributed by atoms with Crippen molar-refractivity contribution in [3.8, 4) is 0 Å². The van der Waals surface area contributed by atoms with Crippen LogP contribution in [-0.4, -0.2) is 55.3 Å². The van der Waals surface area contributed by atoms with Crippen molar-refractivity contribution < 1.29 is 0 Å². The quantitative estimate of drug-likeness (QED) is 0.506. The number of para-hydroxylation sites is 1. The van der Waals surface area contributed by atoms with Crippen LogP contribution in [0, 0.1) is 0 Å². The summed E-state index contributed by atoms with van der Waals surface area (Å²) in [4.78, 5) is 9.32. The normalized spacial score (nSPS) is 27.7.